The number of fused-ring (bicyclic) bond motifs is 8. The summed E-state index contributed by atoms with van der Waals surface area (Å²) in [5, 5.41) is 14.9. The van der Waals surface area contributed by atoms with E-state index in [2.05, 4.69) is 21.9 Å². The maximum atomic E-state index is 14.5. The average Bonchev–Trinajstić information content (AvgIpc) is 4.07. The topological polar surface area (TPSA) is 191 Å². The predicted octanol–water partition coefficient (Wildman–Crippen LogP) is 3.99. The van der Waals surface area contributed by atoms with E-state index >= 15 is 0 Å². The van der Waals surface area contributed by atoms with Crippen LogP contribution in [0.5, 0.6) is 5.75 Å². The molecule has 2 saturated carbocycles. The summed E-state index contributed by atoms with van der Waals surface area (Å²) in [5.41, 5.74) is 2.00. The number of hydrogen-bond acceptors (Lipinski definition) is 10. The van der Waals surface area contributed by atoms with Gasteiger partial charge in [-0.15, -0.1) is 6.58 Å². The van der Waals surface area contributed by atoms with Crippen molar-refractivity contribution in [3.05, 3.63) is 72.8 Å². The molecule has 1 saturated heterocycles. The van der Waals surface area contributed by atoms with Crippen LogP contribution in [0, 0.1) is 11.8 Å². The number of amides is 4. The van der Waals surface area contributed by atoms with Crippen molar-refractivity contribution in [1.29, 1.82) is 0 Å². The van der Waals surface area contributed by atoms with Gasteiger partial charge >= 0.3 is 6.09 Å². The number of methoxy groups -OCH3 is 1. The molecule has 1 aromatic heterocycles. The highest BCUT2D eigenvalue weighted by Gasteiger charge is 2.62. The molecule has 3 N–H and O–H groups in total. The Hall–Kier alpha value is -5.51. The number of carbonyl (C=O) groups is 4. The summed E-state index contributed by atoms with van der Waals surface area (Å²) in [7, 11) is -2.31. The van der Waals surface area contributed by atoms with Gasteiger partial charge in [-0.3, -0.25) is 19.1 Å². The minimum Gasteiger partial charge on any atom is -0.496 e. The fourth-order valence-corrected chi connectivity index (χ4v) is 8.78. The van der Waals surface area contributed by atoms with E-state index in [1.165, 1.54) is 15.8 Å². The molecule has 2 aromatic carbocycles. The van der Waals surface area contributed by atoms with Crippen LogP contribution in [-0.2, 0) is 29.1 Å². The first-order chi connectivity index (χ1) is 26.8. The first-order valence-electron chi connectivity index (χ1n) is 19.0. The SMILES string of the molecule is C=C[C@@H]1C[C@]1(NC(=O)[C@@H]1C[C@@H]2CN1C(=O)[C@H](C(C)C)NC(=O)OCCC/C=C\c1cc(ccc1OC)-c1nn2nc1-c1ccccc1)C(=O)NS(=O)(=O)C1CC1. The summed E-state index contributed by atoms with van der Waals surface area (Å²) in [6.07, 6.45) is 6.90. The highest BCUT2D eigenvalue weighted by molar-refractivity contribution is 7.91. The first kappa shape index (κ1) is 38.8. The molecule has 3 fully saturated rings. The van der Waals surface area contributed by atoms with Crippen LogP contribution < -0.4 is 20.1 Å². The molecule has 5 atom stereocenters. The Labute approximate surface area is 325 Å². The normalized spacial score (nSPS) is 25.8. The van der Waals surface area contributed by atoms with Crippen molar-refractivity contribution in [2.75, 3.05) is 20.3 Å². The number of allylic oxidation sites excluding steroid dienone is 1. The Balaban J connectivity index is 1.28. The molecule has 3 aromatic rings. The number of hydrogen-bond donors (Lipinski definition) is 3. The zero-order chi connectivity index (χ0) is 39.8. The molecular weight excluding hydrogens is 739 g/mol. The summed E-state index contributed by atoms with van der Waals surface area (Å²) >= 11 is 0. The molecule has 0 radical (unpaired) electrons. The lowest BCUT2D eigenvalue weighted by atomic mass is 10.0. The van der Waals surface area contributed by atoms with Crippen LogP contribution in [0.25, 0.3) is 28.6 Å². The molecule has 4 aliphatic rings. The second-order valence-electron chi connectivity index (χ2n) is 15.2. The maximum absolute atomic E-state index is 14.5. The Morgan fingerprint density at radius 1 is 1.09 bits per heavy atom. The third-order valence-electron chi connectivity index (χ3n) is 10.9. The summed E-state index contributed by atoms with van der Waals surface area (Å²) in [6.45, 7) is 7.45. The molecule has 0 spiro atoms. The zero-order valence-electron chi connectivity index (χ0n) is 31.6. The number of ether oxygens (including phenoxy) is 2. The van der Waals surface area contributed by atoms with E-state index in [4.69, 9.17) is 19.7 Å². The number of aromatic nitrogens is 3. The van der Waals surface area contributed by atoms with Crippen LogP contribution in [0.2, 0.25) is 0 Å². The lowest BCUT2D eigenvalue weighted by molar-refractivity contribution is -0.141. The number of nitrogens with one attached hydrogen (secondary N) is 3. The van der Waals surface area contributed by atoms with E-state index < -0.39 is 74.6 Å². The number of nitrogens with zero attached hydrogens (tertiary/aromatic N) is 4. The van der Waals surface area contributed by atoms with Gasteiger partial charge in [-0.2, -0.15) is 15.0 Å². The van der Waals surface area contributed by atoms with E-state index in [0.29, 0.717) is 42.8 Å². The molecule has 296 valence electrons. The van der Waals surface area contributed by atoms with E-state index in [9.17, 15) is 27.6 Å². The molecule has 7 rings (SSSR count). The molecular formula is C40H47N7O8S. The van der Waals surface area contributed by atoms with Gasteiger partial charge in [-0.05, 0) is 56.2 Å². The number of sulfonamides is 1. The molecule has 2 aliphatic carbocycles. The minimum absolute atomic E-state index is 0.00401. The number of rotatable bonds is 9. The Morgan fingerprint density at radius 3 is 2.48 bits per heavy atom. The van der Waals surface area contributed by atoms with E-state index in [1.807, 2.05) is 60.7 Å². The van der Waals surface area contributed by atoms with Crippen molar-refractivity contribution in [3.63, 3.8) is 0 Å². The summed E-state index contributed by atoms with van der Waals surface area (Å²) in [5.74, 6) is -2.28. The van der Waals surface area contributed by atoms with Gasteiger partial charge in [0.05, 0.1) is 25.0 Å². The lowest BCUT2D eigenvalue weighted by Gasteiger charge is -2.31. The highest BCUT2D eigenvalue weighted by atomic mass is 32.2. The predicted molar refractivity (Wildman–Crippen MR) is 207 cm³/mol. The number of cyclic esters (lactones) is 1. The zero-order valence-corrected chi connectivity index (χ0v) is 32.5. The van der Waals surface area contributed by atoms with Crippen molar-refractivity contribution in [1.82, 2.24) is 35.2 Å². The van der Waals surface area contributed by atoms with Crippen LogP contribution in [0.3, 0.4) is 0 Å². The van der Waals surface area contributed by atoms with Gasteiger partial charge in [0, 0.05) is 35.6 Å². The van der Waals surface area contributed by atoms with Gasteiger partial charge < -0.3 is 25.0 Å². The van der Waals surface area contributed by atoms with Crippen molar-refractivity contribution in [3.8, 4) is 28.3 Å². The maximum Gasteiger partial charge on any atom is 0.407 e. The second kappa shape index (κ2) is 15.6. The second-order valence-corrected chi connectivity index (χ2v) is 17.1. The van der Waals surface area contributed by atoms with Crippen molar-refractivity contribution < 1.29 is 37.1 Å². The summed E-state index contributed by atoms with van der Waals surface area (Å²) in [6, 6.07) is 12.5. The van der Waals surface area contributed by atoms with Gasteiger partial charge in [-0.1, -0.05) is 62.4 Å². The molecule has 3 heterocycles. The quantitative estimate of drug-likeness (QED) is 0.268. The average molecular weight is 786 g/mol. The van der Waals surface area contributed by atoms with Crippen LogP contribution in [-0.4, -0.2) is 95.3 Å². The Kier molecular flexibility index (Phi) is 10.8. The van der Waals surface area contributed by atoms with E-state index in [1.54, 1.807) is 21.0 Å². The third-order valence-corrected chi connectivity index (χ3v) is 12.7. The molecule has 16 heteroatoms. The fraction of sp³-hybridized carbons (Fsp3) is 0.450. The fourth-order valence-electron chi connectivity index (χ4n) is 7.41. The van der Waals surface area contributed by atoms with Gasteiger partial charge in [0.15, 0.2) is 0 Å². The molecule has 0 unspecified atom stereocenters. The van der Waals surface area contributed by atoms with Gasteiger partial charge in [-0.25, -0.2) is 13.2 Å². The van der Waals surface area contributed by atoms with Gasteiger partial charge in [0.25, 0.3) is 5.91 Å². The minimum atomic E-state index is -3.91. The lowest BCUT2D eigenvalue weighted by Crippen LogP contribution is -2.59. The molecule has 15 nitrogen and oxygen atoms in total. The standard InChI is InChI=1S/C40H47N7O8S/c1-5-28-22-40(28,38(50)45-56(52,53)30-16-17-30)42-36(48)31-21-29-23-46(31)37(49)33(24(2)3)41-39(51)55-19-11-7-10-14-26-20-27(15-18-32(26)54-4)35-34(43-47(29)44-35)25-12-8-6-9-13-25/h5-6,8-10,12-15,18,20,24,28-31,33H,1,7,11,16-17,19,21-23H2,2-4H3,(H,41,51)(H,42,48)(H,45,50)/b14-10-/t28-,29-,31+,33+,40-/m1/s1. The summed E-state index contributed by atoms with van der Waals surface area (Å²) in [4.78, 5) is 58.4. The molecule has 4 amide bonds. The van der Waals surface area contributed by atoms with E-state index in [-0.39, 0.29) is 26.0 Å². The van der Waals surface area contributed by atoms with Crippen molar-refractivity contribution >= 4 is 39.9 Å². The van der Waals surface area contributed by atoms with Crippen LogP contribution in [0.1, 0.15) is 64.0 Å². The first-order valence-corrected chi connectivity index (χ1v) is 20.5. The monoisotopic (exact) mass is 785 g/mol. The highest BCUT2D eigenvalue weighted by Crippen LogP contribution is 2.46. The smallest absolute Gasteiger partial charge is 0.407 e. The van der Waals surface area contributed by atoms with Crippen LogP contribution in [0.4, 0.5) is 4.79 Å². The number of carbonyl (C=O) groups excluding carboxylic acids is 4. The van der Waals surface area contributed by atoms with Crippen molar-refractivity contribution in [2.24, 2.45) is 11.8 Å². The molecule has 6 bridgehead atoms. The Bertz CT molecular complexity index is 2170. The third kappa shape index (κ3) is 7.79. The van der Waals surface area contributed by atoms with Gasteiger partial charge in [0.2, 0.25) is 21.8 Å². The number of alkyl carbamates (subject to hydrolysis) is 1. The van der Waals surface area contributed by atoms with Crippen LogP contribution in [0.15, 0.2) is 67.3 Å². The largest absolute Gasteiger partial charge is 0.496 e. The van der Waals surface area contributed by atoms with Crippen LogP contribution >= 0.6 is 0 Å². The molecule has 2 aliphatic heterocycles. The molecule has 56 heavy (non-hydrogen) atoms. The number of benzene rings is 2. The van der Waals surface area contributed by atoms with Gasteiger partial charge in [0.1, 0.15) is 34.8 Å². The Morgan fingerprint density at radius 2 is 1.82 bits per heavy atom. The van der Waals surface area contributed by atoms with E-state index in [0.717, 1.165) is 16.7 Å². The van der Waals surface area contributed by atoms with Crippen molar-refractivity contribution in [2.45, 2.75) is 81.3 Å². The summed E-state index contributed by atoms with van der Waals surface area (Å²) < 4.78 is 38.8.